The number of nitrogens with one attached hydrogen (secondary N) is 1. The van der Waals surface area contributed by atoms with Gasteiger partial charge in [-0.3, -0.25) is 9.59 Å². The Morgan fingerprint density at radius 3 is 2.46 bits per heavy atom. The number of hydrogen-bond acceptors (Lipinski definition) is 4. The Balaban J connectivity index is 1.91. The van der Waals surface area contributed by atoms with Gasteiger partial charge in [0.2, 0.25) is 11.8 Å². The monoisotopic (exact) mass is 372 g/mol. The molecule has 1 aromatic carbocycles. The number of carbonyl (C=O) groups excluding carboxylic acids is 2. The summed E-state index contributed by atoms with van der Waals surface area (Å²) in [6.07, 6.45) is 0.913. The van der Waals surface area contributed by atoms with Gasteiger partial charge in [0, 0.05) is 25.2 Å². The molecule has 1 saturated heterocycles. The Bertz CT molecular complexity index is 713. The average molecular weight is 373 g/mol. The van der Waals surface area contributed by atoms with E-state index < -0.39 is 26.7 Å². The lowest BCUT2D eigenvalue weighted by atomic mass is 10.1. The minimum atomic E-state index is -3.48. The number of carbonyl (C=O) groups is 2. The molecule has 8 heteroatoms. The quantitative estimate of drug-likeness (QED) is 0.836. The summed E-state index contributed by atoms with van der Waals surface area (Å²) in [5.74, 6) is -1.07. The van der Waals surface area contributed by atoms with Crippen LogP contribution in [0, 0.1) is 0 Å². The molecule has 132 valence electrons. The molecule has 1 heterocycles. The Hall–Kier alpha value is -1.60. The van der Waals surface area contributed by atoms with Crippen LogP contribution in [0.15, 0.2) is 24.3 Å². The number of rotatable bonds is 5. The standard InChI is InChI=1S/C16H21ClN2O4S/c1-18-15(20)11-24(22,23)13-6-8-19(9-7-13)16(21)10-12-4-2-3-5-14(12)17/h2-5,13H,6-11H2,1H3,(H,18,20). The van der Waals surface area contributed by atoms with E-state index in [0.29, 0.717) is 31.0 Å². The van der Waals surface area contributed by atoms with Gasteiger partial charge in [0.15, 0.2) is 9.84 Å². The summed E-state index contributed by atoms with van der Waals surface area (Å²) in [5.41, 5.74) is 0.763. The first-order chi connectivity index (χ1) is 11.3. The molecule has 1 aliphatic rings. The normalized spacial score (nSPS) is 16.0. The molecule has 0 aliphatic carbocycles. The second kappa shape index (κ2) is 7.98. The lowest BCUT2D eigenvalue weighted by molar-refractivity contribution is -0.131. The lowest BCUT2D eigenvalue weighted by Crippen LogP contribution is -2.44. The predicted molar refractivity (Wildman–Crippen MR) is 92.6 cm³/mol. The molecule has 6 nitrogen and oxygen atoms in total. The molecular weight excluding hydrogens is 352 g/mol. The van der Waals surface area contributed by atoms with Gasteiger partial charge >= 0.3 is 0 Å². The number of piperidine rings is 1. The molecule has 0 radical (unpaired) electrons. The molecule has 2 rings (SSSR count). The second-order valence-electron chi connectivity index (χ2n) is 5.83. The van der Waals surface area contributed by atoms with Crippen molar-refractivity contribution in [3.63, 3.8) is 0 Å². The minimum Gasteiger partial charge on any atom is -0.358 e. The van der Waals surface area contributed by atoms with E-state index in [1.165, 1.54) is 7.05 Å². The molecule has 0 bridgehead atoms. The summed E-state index contributed by atoms with van der Waals surface area (Å²) in [6.45, 7) is 0.752. The van der Waals surface area contributed by atoms with Crippen molar-refractivity contribution in [2.45, 2.75) is 24.5 Å². The van der Waals surface area contributed by atoms with Crippen LogP contribution in [0.25, 0.3) is 0 Å². The zero-order valence-corrected chi connectivity index (χ0v) is 15.1. The van der Waals surface area contributed by atoms with Crippen molar-refractivity contribution in [2.24, 2.45) is 0 Å². The van der Waals surface area contributed by atoms with Gasteiger partial charge in [-0.25, -0.2) is 8.42 Å². The fourth-order valence-electron chi connectivity index (χ4n) is 2.75. The molecule has 1 N–H and O–H groups in total. The number of amides is 2. The van der Waals surface area contributed by atoms with Crippen LogP contribution in [0.2, 0.25) is 5.02 Å². The summed E-state index contributed by atoms with van der Waals surface area (Å²) in [4.78, 5) is 25.3. The van der Waals surface area contributed by atoms with Crippen molar-refractivity contribution < 1.29 is 18.0 Å². The number of benzene rings is 1. The number of halogens is 1. The highest BCUT2D eigenvalue weighted by Gasteiger charge is 2.32. The van der Waals surface area contributed by atoms with Crippen LogP contribution in [0.3, 0.4) is 0 Å². The van der Waals surface area contributed by atoms with E-state index in [9.17, 15) is 18.0 Å². The van der Waals surface area contributed by atoms with Crippen LogP contribution in [0.5, 0.6) is 0 Å². The van der Waals surface area contributed by atoms with Crippen LogP contribution < -0.4 is 5.32 Å². The number of sulfone groups is 1. The van der Waals surface area contributed by atoms with Gasteiger partial charge in [-0.05, 0) is 24.5 Å². The summed E-state index contributed by atoms with van der Waals surface area (Å²) in [6, 6.07) is 7.17. The zero-order chi connectivity index (χ0) is 17.7. The van der Waals surface area contributed by atoms with Gasteiger partial charge in [0.1, 0.15) is 5.75 Å². The van der Waals surface area contributed by atoms with E-state index in [-0.39, 0.29) is 12.3 Å². The van der Waals surface area contributed by atoms with Gasteiger partial charge in [0.05, 0.1) is 11.7 Å². The molecular formula is C16H21ClN2O4S. The highest BCUT2D eigenvalue weighted by atomic mass is 35.5. The molecule has 0 aromatic heterocycles. The summed E-state index contributed by atoms with van der Waals surface area (Å²) < 4.78 is 24.4. The first-order valence-corrected chi connectivity index (χ1v) is 9.86. The molecule has 0 saturated carbocycles. The van der Waals surface area contributed by atoms with Crippen LogP contribution >= 0.6 is 11.6 Å². The van der Waals surface area contributed by atoms with Crippen molar-refractivity contribution in [1.29, 1.82) is 0 Å². The number of likely N-dealkylation sites (tertiary alicyclic amines) is 1. The Labute approximate surface area is 147 Å². The van der Waals surface area contributed by atoms with Crippen LogP contribution in [-0.2, 0) is 25.8 Å². The van der Waals surface area contributed by atoms with Crippen molar-refractivity contribution in [3.05, 3.63) is 34.9 Å². The zero-order valence-electron chi connectivity index (χ0n) is 13.5. The SMILES string of the molecule is CNC(=O)CS(=O)(=O)C1CCN(C(=O)Cc2ccccc2Cl)CC1. The fraction of sp³-hybridized carbons (Fsp3) is 0.500. The van der Waals surface area contributed by atoms with E-state index in [2.05, 4.69) is 5.32 Å². The topological polar surface area (TPSA) is 83.6 Å². The van der Waals surface area contributed by atoms with Crippen molar-refractivity contribution in [2.75, 3.05) is 25.9 Å². The molecule has 2 amide bonds. The van der Waals surface area contributed by atoms with Gasteiger partial charge in [-0.15, -0.1) is 0 Å². The second-order valence-corrected chi connectivity index (χ2v) is 8.52. The largest absolute Gasteiger partial charge is 0.358 e. The maximum absolute atomic E-state index is 12.4. The summed E-state index contributed by atoms with van der Waals surface area (Å²) >= 11 is 6.06. The van der Waals surface area contributed by atoms with Crippen molar-refractivity contribution in [1.82, 2.24) is 10.2 Å². The Morgan fingerprint density at radius 2 is 1.88 bits per heavy atom. The maximum atomic E-state index is 12.4. The fourth-order valence-corrected chi connectivity index (χ4v) is 4.63. The van der Waals surface area contributed by atoms with Crippen LogP contribution in [-0.4, -0.2) is 56.3 Å². The third-order valence-electron chi connectivity index (χ3n) is 4.21. The van der Waals surface area contributed by atoms with E-state index in [1.807, 2.05) is 6.07 Å². The molecule has 0 spiro atoms. The van der Waals surface area contributed by atoms with Crippen molar-refractivity contribution in [3.8, 4) is 0 Å². The first kappa shape index (κ1) is 18.7. The maximum Gasteiger partial charge on any atom is 0.234 e. The highest BCUT2D eigenvalue weighted by molar-refractivity contribution is 7.92. The molecule has 0 unspecified atom stereocenters. The lowest BCUT2D eigenvalue weighted by Gasteiger charge is -2.31. The third kappa shape index (κ3) is 4.70. The molecule has 24 heavy (non-hydrogen) atoms. The van der Waals surface area contributed by atoms with Crippen LogP contribution in [0.1, 0.15) is 18.4 Å². The van der Waals surface area contributed by atoms with E-state index >= 15 is 0 Å². The molecule has 1 fully saturated rings. The third-order valence-corrected chi connectivity index (χ3v) is 6.73. The van der Waals surface area contributed by atoms with Gasteiger partial charge in [-0.1, -0.05) is 29.8 Å². The average Bonchev–Trinajstić information content (AvgIpc) is 2.56. The van der Waals surface area contributed by atoms with E-state index in [4.69, 9.17) is 11.6 Å². The van der Waals surface area contributed by atoms with E-state index in [1.54, 1.807) is 23.1 Å². The highest BCUT2D eigenvalue weighted by Crippen LogP contribution is 2.21. The predicted octanol–water partition coefficient (Wildman–Crippen LogP) is 1.03. The minimum absolute atomic E-state index is 0.0646. The Kier molecular flexibility index (Phi) is 6.23. The number of nitrogens with zero attached hydrogens (tertiary/aromatic N) is 1. The van der Waals surface area contributed by atoms with Crippen LogP contribution in [0.4, 0.5) is 0 Å². The number of hydrogen-bond donors (Lipinski definition) is 1. The summed E-state index contributed by atoms with van der Waals surface area (Å²) in [7, 11) is -2.07. The summed E-state index contributed by atoms with van der Waals surface area (Å²) in [5, 5.41) is 2.30. The van der Waals surface area contributed by atoms with Gasteiger partial charge in [-0.2, -0.15) is 0 Å². The smallest absolute Gasteiger partial charge is 0.234 e. The van der Waals surface area contributed by atoms with Gasteiger partial charge in [0.25, 0.3) is 0 Å². The van der Waals surface area contributed by atoms with Crippen molar-refractivity contribution >= 4 is 33.3 Å². The van der Waals surface area contributed by atoms with E-state index in [0.717, 1.165) is 5.56 Å². The molecule has 0 atom stereocenters. The molecule has 1 aromatic rings. The Morgan fingerprint density at radius 1 is 1.25 bits per heavy atom. The first-order valence-electron chi connectivity index (χ1n) is 7.77. The van der Waals surface area contributed by atoms with Gasteiger partial charge < -0.3 is 10.2 Å². The molecule has 1 aliphatic heterocycles.